The van der Waals surface area contributed by atoms with Crippen molar-refractivity contribution in [3.8, 4) is 5.75 Å². The lowest BCUT2D eigenvalue weighted by atomic mass is 10.1. The van der Waals surface area contributed by atoms with Crippen LogP contribution >= 0.6 is 0 Å². The Balaban J connectivity index is 2.22. The van der Waals surface area contributed by atoms with Gasteiger partial charge in [-0.3, -0.25) is 0 Å². The molecule has 1 fully saturated rings. The van der Waals surface area contributed by atoms with Crippen molar-refractivity contribution >= 4 is 11.4 Å². The minimum Gasteiger partial charge on any atom is -0.493 e. The molecule has 1 aliphatic heterocycles. The molecular weight excluding hydrogens is 248 g/mol. The molecule has 3 heteroatoms. The molecule has 2 rings (SSSR count). The summed E-state index contributed by atoms with van der Waals surface area (Å²) in [5.41, 5.74) is 8.08. The lowest BCUT2D eigenvalue weighted by molar-refractivity contribution is 0.317. The summed E-state index contributed by atoms with van der Waals surface area (Å²) in [6.45, 7) is 6.29. The normalized spacial score (nSPS) is 19.7. The van der Waals surface area contributed by atoms with E-state index in [1.165, 1.54) is 37.8 Å². The molecule has 1 aromatic carbocycles. The van der Waals surface area contributed by atoms with Crippen molar-refractivity contribution in [2.24, 2.45) is 0 Å². The van der Waals surface area contributed by atoms with E-state index >= 15 is 0 Å². The fourth-order valence-corrected chi connectivity index (χ4v) is 3.02. The Labute approximate surface area is 123 Å². The molecule has 2 N–H and O–H groups in total. The van der Waals surface area contributed by atoms with Gasteiger partial charge in [0, 0.05) is 36.1 Å². The molecule has 0 bridgehead atoms. The van der Waals surface area contributed by atoms with Crippen molar-refractivity contribution in [3.63, 3.8) is 0 Å². The third-order valence-corrected chi connectivity index (χ3v) is 4.07. The fraction of sp³-hybridized carbons (Fsp3) is 0.647. The summed E-state index contributed by atoms with van der Waals surface area (Å²) >= 11 is 0. The fourth-order valence-electron chi connectivity index (χ4n) is 3.02. The van der Waals surface area contributed by atoms with Crippen LogP contribution in [0.1, 0.15) is 52.4 Å². The van der Waals surface area contributed by atoms with Crippen LogP contribution in [-0.2, 0) is 0 Å². The van der Waals surface area contributed by atoms with Crippen molar-refractivity contribution in [2.75, 3.05) is 23.8 Å². The van der Waals surface area contributed by atoms with E-state index in [-0.39, 0.29) is 0 Å². The van der Waals surface area contributed by atoms with Crippen LogP contribution in [0.15, 0.2) is 18.2 Å². The van der Waals surface area contributed by atoms with E-state index in [4.69, 9.17) is 10.5 Å². The molecule has 20 heavy (non-hydrogen) atoms. The summed E-state index contributed by atoms with van der Waals surface area (Å²) < 4.78 is 5.76. The first-order chi connectivity index (χ1) is 9.74. The van der Waals surface area contributed by atoms with Gasteiger partial charge in [-0.15, -0.1) is 0 Å². The van der Waals surface area contributed by atoms with Crippen LogP contribution in [0, 0.1) is 0 Å². The maximum atomic E-state index is 6.06. The van der Waals surface area contributed by atoms with Crippen molar-refractivity contribution in [1.82, 2.24) is 0 Å². The lowest BCUT2D eigenvalue weighted by Crippen LogP contribution is -2.34. The van der Waals surface area contributed by atoms with Crippen LogP contribution in [-0.4, -0.2) is 19.2 Å². The largest absolute Gasteiger partial charge is 0.493 e. The van der Waals surface area contributed by atoms with Crippen molar-refractivity contribution in [2.45, 2.75) is 58.4 Å². The second kappa shape index (κ2) is 7.41. The molecular formula is C17H28N2O. The summed E-state index contributed by atoms with van der Waals surface area (Å²) in [6, 6.07) is 6.81. The second-order valence-corrected chi connectivity index (χ2v) is 5.71. The first-order valence-electron chi connectivity index (χ1n) is 8.04. The Morgan fingerprint density at radius 2 is 2.05 bits per heavy atom. The number of nitrogens with two attached hydrogens (primary N) is 1. The third kappa shape index (κ3) is 3.81. The lowest BCUT2D eigenvalue weighted by Gasteiger charge is -2.32. The number of hydrogen-bond acceptors (Lipinski definition) is 3. The Morgan fingerprint density at radius 1 is 1.20 bits per heavy atom. The highest BCUT2D eigenvalue weighted by molar-refractivity contribution is 5.61. The molecule has 0 saturated carbocycles. The maximum absolute atomic E-state index is 6.06. The van der Waals surface area contributed by atoms with Gasteiger partial charge in [-0.2, -0.15) is 0 Å². The van der Waals surface area contributed by atoms with Crippen molar-refractivity contribution in [3.05, 3.63) is 18.2 Å². The minimum absolute atomic E-state index is 0.637. The Hall–Kier alpha value is -1.38. The summed E-state index contributed by atoms with van der Waals surface area (Å²) in [5.74, 6) is 0.904. The predicted molar refractivity (Wildman–Crippen MR) is 86.5 cm³/mol. The molecule has 0 radical (unpaired) electrons. The molecule has 0 aromatic heterocycles. The number of nitrogen functional groups attached to an aromatic ring is 1. The Bertz CT molecular complexity index is 419. The summed E-state index contributed by atoms with van der Waals surface area (Å²) in [7, 11) is 0. The SMILES string of the molecule is CCCOc1cc(N)cc(N2CCCCCC2CC)c1. The first kappa shape index (κ1) is 15.0. The molecule has 0 amide bonds. The molecule has 0 spiro atoms. The van der Waals surface area contributed by atoms with Gasteiger partial charge in [-0.25, -0.2) is 0 Å². The summed E-state index contributed by atoms with van der Waals surface area (Å²) in [6.07, 6.45) is 7.46. The van der Waals surface area contributed by atoms with Crippen LogP contribution in [0.3, 0.4) is 0 Å². The van der Waals surface area contributed by atoms with E-state index < -0.39 is 0 Å². The molecule has 1 aliphatic rings. The molecule has 0 aliphatic carbocycles. The number of ether oxygens (including phenoxy) is 1. The molecule has 1 heterocycles. The van der Waals surface area contributed by atoms with Gasteiger partial charge in [0.1, 0.15) is 5.75 Å². The van der Waals surface area contributed by atoms with Gasteiger partial charge in [0.05, 0.1) is 6.61 Å². The van der Waals surface area contributed by atoms with E-state index in [9.17, 15) is 0 Å². The molecule has 1 atom stereocenters. The quantitative estimate of drug-likeness (QED) is 0.818. The average molecular weight is 276 g/mol. The predicted octanol–water partition coefficient (Wildman–Crippen LogP) is 4.22. The zero-order valence-electron chi connectivity index (χ0n) is 12.9. The van der Waals surface area contributed by atoms with Crippen molar-refractivity contribution in [1.29, 1.82) is 0 Å². The van der Waals surface area contributed by atoms with Crippen LogP contribution < -0.4 is 15.4 Å². The van der Waals surface area contributed by atoms with Gasteiger partial charge >= 0.3 is 0 Å². The van der Waals surface area contributed by atoms with Gasteiger partial charge in [-0.1, -0.05) is 26.7 Å². The highest BCUT2D eigenvalue weighted by Gasteiger charge is 2.20. The third-order valence-electron chi connectivity index (χ3n) is 4.07. The van der Waals surface area contributed by atoms with Gasteiger partial charge in [-0.05, 0) is 31.7 Å². The average Bonchev–Trinajstić information content (AvgIpc) is 2.69. The number of rotatable bonds is 5. The van der Waals surface area contributed by atoms with E-state index in [0.29, 0.717) is 6.04 Å². The van der Waals surface area contributed by atoms with E-state index in [0.717, 1.165) is 31.0 Å². The molecule has 1 saturated heterocycles. The topological polar surface area (TPSA) is 38.5 Å². The smallest absolute Gasteiger partial charge is 0.123 e. The number of benzene rings is 1. The highest BCUT2D eigenvalue weighted by Crippen LogP contribution is 2.31. The van der Waals surface area contributed by atoms with Gasteiger partial charge in [0.2, 0.25) is 0 Å². The summed E-state index contributed by atoms with van der Waals surface area (Å²) in [5, 5.41) is 0. The van der Waals surface area contributed by atoms with Gasteiger partial charge < -0.3 is 15.4 Å². The van der Waals surface area contributed by atoms with E-state index in [1.54, 1.807) is 0 Å². The van der Waals surface area contributed by atoms with Crippen LogP contribution in [0.2, 0.25) is 0 Å². The minimum atomic E-state index is 0.637. The molecule has 3 nitrogen and oxygen atoms in total. The van der Waals surface area contributed by atoms with Gasteiger partial charge in [0.25, 0.3) is 0 Å². The van der Waals surface area contributed by atoms with Crippen LogP contribution in [0.4, 0.5) is 11.4 Å². The first-order valence-corrected chi connectivity index (χ1v) is 8.04. The maximum Gasteiger partial charge on any atom is 0.123 e. The zero-order chi connectivity index (χ0) is 14.4. The molecule has 1 unspecified atom stereocenters. The molecule has 112 valence electrons. The molecule has 1 aromatic rings. The monoisotopic (exact) mass is 276 g/mol. The Kier molecular flexibility index (Phi) is 5.57. The number of nitrogens with zero attached hydrogens (tertiary/aromatic N) is 1. The second-order valence-electron chi connectivity index (χ2n) is 5.71. The summed E-state index contributed by atoms with van der Waals surface area (Å²) in [4.78, 5) is 2.53. The van der Waals surface area contributed by atoms with Crippen molar-refractivity contribution < 1.29 is 4.74 Å². The highest BCUT2D eigenvalue weighted by atomic mass is 16.5. The zero-order valence-corrected chi connectivity index (χ0v) is 12.9. The number of hydrogen-bond donors (Lipinski definition) is 1. The number of anilines is 2. The Morgan fingerprint density at radius 3 is 2.80 bits per heavy atom. The van der Waals surface area contributed by atoms with Gasteiger partial charge in [0.15, 0.2) is 0 Å². The van der Waals surface area contributed by atoms with Crippen LogP contribution in [0.5, 0.6) is 5.75 Å². The standard InChI is InChI=1S/C17H28N2O/c1-3-10-20-17-12-14(18)11-16(13-17)19-9-7-5-6-8-15(19)4-2/h11-13,15H,3-10,18H2,1-2H3. The van der Waals surface area contributed by atoms with Crippen LogP contribution in [0.25, 0.3) is 0 Å². The van der Waals surface area contributed by atoms with E-state index in [2.05, 4.69) is 30.9 Å². The van der Waals surface area contributed by atoms with E-state index in [1.807, 2.05) is 6.07 Å².